The van der Waals surface area contributed by atoms with Gasteiger partial charge in [-0.2, -0.15) is 0 Å². The van der Waals surface area contributed by atoms with Gasteiger partial charge in [0.15, 0.2) is 0 Å². The minimum atomic E-state index is 0.304. The Balaban J connectivity index is 2.03. The lowest BCUT2D eigenvalue weighted by Gasteiger charge is -2.37. The average molecular weight is 234 g/mol. The first-order chi connectivity index (χ1) is 7.38. The molecule has 0 aromatic carbocycles. The van der Waals surface area contributed by atoms with Gasteiger partial charge in [0.2, 0.25) is 0 Å². The highest BCUT2D eigenvalue weighted by Crippen LogP contribution is 2.24. The van der Waals surface area contributed by atoms with Crippen LogP contribution in [0.3, 0.4) is 0 Å². The van der Waals surface area contributed by atoms with Crippen molar-refractivity contribution in [3.05, 3.63) is 0 Å². The highest BCUT2D eigenvalue weighted by Gasteiger charge is 2.23. The number of nitrogens with zero attached hydrogens (tertiary/aromatic N) is 1. The highest BCUT2D eigenvalue weighted by atomic mass is 35.5. The molecule has 3 heteroatoms. The first-order valence-electron chi connectivity index (χ1n) is 6.29. The molecule has 0 radical (unpaired) electrons. The maximum absolute atomic E-state index is 8.99. The van der Waals surface area contributed by atoms with Gasteiger partial charge in [-0.3, -0.25) is 4.90 Å². The van der Waals surface area contributed by atoms with Crippen LogP contribution in [-0.2, 0) is 0 Å². The summed E-state index contributed by atoms with van der Waals surface area (Å²) < 4.78 is 0. The van der Waals surface area contributed by atoms with Gasteiger partial charge in [0.1, 0.15) is 0 Å². The van der Waals surface area contributed by atoms with Crippen LogP contribution in [0.2, 0.25) is 0 Å². The normalized spacial score (nSPS) is 17.0. The minimum Gasteiger partial charge on any atom is -0.395 e. The van der Waals surface area contributed by atoms with Gasteiger partial charge in [0.05, 0.1) is 6.61 Å². The van der Waals surface area contributed by atoms with E-state index in [0.717, 1.165) is 31.4 Å². The summed E-state index contributed by atoms with van der Waals surface area (Å²) in [7, 11) is 0. The summed E-state index contributed by atoms with van der Waals surface area (Å²) in [5, 5.41) is 8.99. The van der Waals surface area contributed by atoms with Crippen molar-refractivity contribution in [1.29, 1.82) is 0 Å². The Labute approximate surface area is 98.6 Å². The average Bonchev–Trinajstić information content (AvgIpc) is 2.15. The van der Waals surface area contributed by atoms with Gasteiger partial charge in [-0.1, -0.05) is 19.3 Å². The second-order valence-corrected chi connectivity index (χ2v) is 4.83. The molecule has 0 aliphatic heterocycles. The van der Waals surface area contributed by atoms with Crippen molar-refractivity contribution in [2.45, 2.75) is 51.0 Å². The summed E-state index contributed by atoms with van der Waals surface area (Å²) in [6, 6.07) is 0.769. The van der Waals surface area contributed by atoms with Gasteiger partial charge in [0, 0.05) is 18.5 Å². The van der Waals surface area contributed by atoms with Crippen LogP contribution in [0.15, 0.2) is 0 Å². The van der Waals surface area contributed by atoms with Crippen molar-refractivity contribution in [1.82, 2.24) is 4.90 Å². The number of aliphatic hydroxyl groups is 1. The van der Waals surface area contributed by atoms with E-state index in [0.29, 0.717) is 6.61 Å². The highest BCUT2D eigenvalue weighted by molar-refractivity contribution is 6.17. The number of rotatable bonds is 9. The predicted octanol–water partition coefficient (Wildman–Crippen LogP) is 2.63. The summed E-state index contributed by atoms with van der Waals surface area (Å²) in [6.07, 6.45) is 8.98. The van der Waals surface area contributed by atoms with Crippen LogP contribution in [-0.4, -0.2) is 41.6 Å². The van der Waals surface area contributed by atoms with E-state index in [1.165, 1.54) is 38.5 Å². The van der Waals surface area contributed by atoms with Crippen molar-refractivity contribution in [3.8, 4) is 0 Å². The van der Waals surface area contributed by atoms with Gasteiger partial charge in [-0.05, 0) is 32.2 Å². The van der Waals surface area contributed by atoms with Crippen LogP contribution in [0.1, 0.15) is 44.9 Å². The number of aliphatic hydroxyl groups excluding tert-OH is 1. The molecule has 1 saturated carbocycles. The molecular formula is C12H24ClNO. The van der Waals surface area contributed by atoms with E-state index in [1.54, 1.807) is 0 Å². The van der Waals surface area contributed by atoms with Crippen LogP contribution in [0, 0.1) is 0 Å². The van der Waals surface area contributed by atoms with E-state index in [9.17, 15) is 0 Å². The number of unbranched alkanes of at least 4 members (excludes halogenated alkanes) is 3. The Kier molecular flexibility index (Phi) is 7.41. The van der Waals surface area contributed by atoms with Crippen LogP contribution in [0.4, 0.5) is 0 Å². The summed E-state index contributed by atoms with van der Waals surface area (Å²) in [6.45, 7) is 2.33. The largest absolute Gasteiger partial charge is 0.395 e. The monoisotopic (exact) mass is 233 g/mol. The van der Waals surface area contributed by atoms with Crippen LogP contribution < -0.4 is 0 Å². The van der Waals surface area contributed by atoms with Gasteiger partial charge in [-0.15, -0.1) is 11.6 Å². The molecule has 1 fully saturated rings. The van der Waals surface area contributed by atoms with Crippen molar-refractivity contribution >= 4 is 11.6 Å². The lowest BCUT2D eigenvalue weighted by Crippen LogP contribution is -2.42. The SMILES string of the molecule is OCCN(CCCCCCCl)C1CCC1. The Morgan fingerprint density at radius 3 is 2.33 bits per heavy atom. The smallest absolute Gasteiger partial charge is 0.0558 e. The molecule has 0 saturated heterocycles. The second-order valence-electron chi connectivity index (χ2n) is 4.45. The molecule has 0 atom stereocenters. The molecule has 0 amide bonds. The number of hydrogen-bond acceptors (Lipinski definition) is 2. The number of alkyl halides is 1. The zero-order valence-electron chi connectivity index (χ0n) is 9.63. The van der Waals surface area contributed by atoms with Gasteiger partial charge >= 0.3 is 0 Å². The van der Waals surface area contributed by atoms with Crippen LogP contribution in [0.5, 0.6) is 0 Å². The molecule has 90 valence electrons. The fourth-order valence-corrected chi connectivity index (χ4v) is 2.31. The molecule has 1 aliphatic carbocycles. The number of halogens is 1. The van der Waals surface area contributed by atoms with Gasteiger partial charge in [0.25, 0.3) is 0 Å². The molecule has 0 spiro atoms. The van der Waals surface area contributed by atoms with Gasteiger partial charge in [-0.25, -0.2) is 0 Å². The molecule has 2 nitrogen and oxygen atoms in total. The quantitative estimate of drug-likeness (QED) is 0.489. The molecule has 1 rings (SSSR count). The minimum absolute atomic E-state index is 0.304. The summed E-state index contributed by atoms with van der Waals surface area (Å²) >= 11 is 5.63. The van der Waals surface area contributed by atoms with Crippen LogP contribution >= 0.6 is 11.6 Å². The lowest BCUT2D eigenvalue weighted by molar-refractivity contribution is 0.0995. The molecule has 1 aliphatic rings. The molecule has 0 aromatic rings. The first kappa shape index (κ1) is 13.3. The Bertz CT molecular complexity index is 151. The van der Waals surface area contributed by atoms with Crippen molar-refractivity contribution in [3.63, 3.8) is 0 Å². The summed E-state index contributed by atoms with van der Waals surface area (Å²) in [4.78, 5) is 2.46. The summed E-state index contributed by atoms with van der Waals surface area (Å²) in [5.41, 5.74) is 0. The van der Waals surface area contributed by atoms with E-state index in [2.05, 4.69) is 4.90 Å². The molecule has 0 aromatic heterocycles. The molecule has 0 heterocycles. The zero-order chi connectivity index (χ0) is 10.9. The van der Waals surface area contributed by atoms with Crippen LogP contribution in [0.25, 0.3) is 0 Å². The standard InChI is InChI=1S/C12H24ClNO/c13-8-3-1-2-4-9-14(10-11-15)12-6-5-7-12/h12,15H,1-11H2. The van der Waals surface area contributed by atoms with E-state index >= 15 is 0 Å². The van der Waals surface area contributed by atoms with E-state index < -0.39 is 0 Å². The van der Waals surface area contributed by atoms with Crippen molar-refractivity contribution < 1.29 is 5.11 Å². The van der Waals surface area contributed by atoms with Crippen molar-refractivity contribution in [2.75, 3.05) is 25.6 Å². The Morgan fingerprint density at radius 2 is 1.80 bits per heavy atom. The number of hydrogen-bond donors (Lipinski definition) is 1. The Hall–Kier alpha value is 0.210. The molecule has 0 unspecified atom stereocenters. The fourth-order valence-electron chi connectivity index (χ4n) is 2.12. The van der Waals surface area contributed by atoms with E-state index in [-0.39, 0.29) is 0 Å². The van der Waals surface area contributed by atoms with E-state index in [4.69, 9.17) is 16.7 Å². The third-order valence-electron chi connectivity index (χ3n) is 3.31. The van der Waals surface area contributed by atoms with E-state index in [1.807, 2.05) is 0 Å². The maximum atomic E-state index is 8.99. The third kappa shape index (κ3) is 5.19. The predicted molar refractivity (Wildman–Crippen MR) is 65.5 cm³/mol. The summed E-state index contributed by atoms with van der Waals surface area (Å²) in [5.74, 6) is 0.795. The molecule has 0 bridgehead atoms. The fraction of sp³-hybridized carbons (Fsp3) is 1.00. The topological polar surface area (TPSA) is 23.5 Å². The lowest BCUT2D eigenvalue weighted by atomic mass is 9.91. The van der Waals surface area contributed by atoms with Crippen molar-refractivity contribution in [2.24, 2.45) is 0 Å². The molecular weight excluding hydrogens is 210 g/mol. The zero-order valence-corrected chi connectivity index (χ0v) is 10.4. The Morgan fingerprint density at radius 1 is 1.07 bits per heavy atom. The second kappa shape index (κ2) is 8.37. The first-order valence-corrected chi connectivity index (χ1v) is 6.83. The maximum Gasteiger partial charge on any atom is 0.0558 e. The molecule has 1 N–H and O–H groups in total. The van der Waals surface area contributed by atoms with Gasteiger partial charge < -0.3 is 5.11 Å². The third-order valence-corrected chi connectivity index (χ3v) is 3.57. The molecule has 15 heavy (non-hydrogen) atoms.